The van der Waals surface area contributed by atoms with Gasteiger partial charge in [-0.3, -0.25) is 14.1 Å². The summed E-state index contributed by atoms with van der Waals surface area (Å²) in [7, 11) is 1.46. The molecular formula is C7H3BrIN3O2S. The van der Waals surface area contributed by atoms with E-state index in [9.17, 15) is 10.1 Å². The molecule has 0 aliphatic heterocycles. The number of fused-ring (bicyclic) bond motifs is 1. The zero-order valence-electron chi connectivity index (χ0n) is 7.05. The Hall–Kier alpha value is -0.350. The van der Waals surface area contributed by atoms with E-state index in [0.29, 0.717) is 5.65 Å². The molecule has 0 atom stereocenters. The van der Waals surface area contributed by atoms with Crippen molar-refractivity contribution in [3.8, 4) is 0 Å². The number of pyridine rings is 1. The Bertz CT molecular complexity index is 544. The highest BCUT2D eigenvalue weighted by Crippen LogP contribution is 2.32. The van der Waals surface area contributed by atoms with E-state index in [1.807, 2.05) is 10.2 Å². The lowest BCUT2D eigenvalue weighted by Crippen LogP contribution is -1.90. The van der Waals surface area contributed by atoms with E-state index in [0.717, 1.165) is 9.86 Å². The molecule has 2 heterocycles. The lowest BCUT2D eigenvalue weighted by Gasteiger charge is -1.95. The van der Waals surface area contributed by atoms with Crippen LogP contribution >= 0.6 is 46.3 Å². The maximum absolute atomic E-state index is 10.6. The number of nitro groups is 1. The van der Waals surface area contributed by atoms with Crippen molar-refractivity contribution in [2.75, 3.05) is 0 Å². The Morgan fingerprint density at radius 3 is 3.00 bits per heavy atom. The van der Waals surface area contributed by atoms with E-state index in [-0.39, 0.29) is 5.69 Å². The summed E-state index contributed by atoms with van der Waals surface area (Å²) in [6, 6.07) is 1.51. The van der Waals surface area contributed by atoms with Gasteiger partial charge in [0, 0.05) is 52.4 Å². The zero-order valence-corrected chi connectivity index (χ0v) is 11.6. The fraction of sp³-hybridized carbons (Fsp3) is 0. The molecule has 0 bridgehead atoms. The zero-order chi connectivity index (χ0) is 11.0. The third kappa shape index (κ3) is 1.97. The summed E-state index contributed by atoms with van der Waals surface area (Å²) < 4.78 is 2.64. The minimum absolute atomic E-state index is 0.000548. The fourth-order valence-corrected chi connectivity index (χ4v) is 3.07. The van der Waals surface area contributed by atoms with Crippen molar-refractivity contribution < 1.29 is 4.92 Å². The highest BCUT2D eigenvalue weighted by Gasteiger charge is 2.13. The van der Waals surface area contributed by atoms with Crippen molar-refractivity contribution >= 4 is 63.0 Å². The van der Waals surface area contributed by atoms with Crippen LogP contribution in [0.4, 0.5) is 5.69 Å². The largest absolute Gasteiger partial charge is 0.288 e. The van der Waals surface area contributed by atoms with Crippen LogP contribution in [0.25, 0.3) is 11.0 Å². The van der Waals surface area contributed by atoms with Crippen LogP contribution in [-0.4, -0.2) is 13.9 Å². The number of hydrogen-bond acceptors (Lipinski definition) is 4. The molecule has 2 aromatic heterocycles. The first-order valence-electron chi connectivity index (χ1n) is 3.73. The second kappa shape index (κ2) is 4.26. The second-order valence-corrected chi connectivity index (χ2v) is 5.26. The van der Waals surface area contributed by atoms with Crippen molar-refractivity contribution in [2.24, 2.45) is 0 Å². The van der Waals surface area contributed by atoms with Crippen LogP contribution in [0.15, 0.2) is 22.9 Å². The van der Waals surface area contributed by atoms with Crippen molar-refractivity contribution in [3.63, 3.8) is 0 Å². The molecule has 0 aliphatic rings. The smallest absolute Gasteiger partial charge is 0.265 e. The molecular weight excluding hydrogens is 397 g/mol. The minimum atomic E-state index is -0.451. The van der Waals surface area contributed by atoms with Gasteiger partial charge in [0.25, 0.3) is 5.69 Å². The van der Waals surface area contributed by atoms with Gasteiger partial charge in [0.1, 0.15) is 6.20 Å². The highest BCUT2D eigenvalue weighted by molar-refractivity contribution is 14.2. The lowest BCUT2D eigenvalue weighted by molar-refractivity contribution is -0.385. The molecule has 2 aromatic rings. The SMILES string of the molecule is O=[N+]([O-])c1cnc2c(c1)c(Br)cn2SI. The number of aromatic nitrogens is 2. The summed E-state index contributed by atoms with van der Waals surface area (Å²) in [5.74, 6) is 0. The normalized spacial score (nSPS) is 10.8. The summed E-state index contributed by atoms with van der Waals surface area (Å²) in [4.78, 5) is 14.2. The number of hydrogen-bond donors (Lipinski definition) is 0. The molecule has 0 saturated heterocycles. The topological polar surface area (TPSA) is 61.0 Å². The molecule has 0 radical (unpaired) electrons. The Kier molecular flexibility index (Phi) is 3.16. The maximum Gasteiger partial charge on any atom is 0.288 e. The van der Waals surface area contributed by atoms with E-state index in [1.54, 1.807) is 0 Å². The Morgan fingerprint density at radius 2 is 2.40 bits per heavy atom. The quantitative estimate of drug-likeness (QED) is 0.440. The van der Waals surface area contributed by atoms with Crippen LogP contribution in [0.2, 0.25) is 0 Å². The van der Waals surface area contributed by atoms with Gasteiger partial charge in [-0.2, -0.15) is 0 Å². The molecule has 8 heteroatoms. The average Bonchev–Trinajstić information content (AvgIpc) is 2.55. The van der Waals surface area contributed by atoms with Crippen molar-refractivity contribution in [1.29, 1.82) is 0 Å². The van der Waals surface area contributed by atoms with Gasteiger partial charge in [0.05, 0.1) is 4.92 Å². The molecule has 0 amide bonds. The molecule has 15 heavy (non-hydrogen) atoms. The Labute approximate surface area is 109 Å². The third-order valence-corrected chi connectivity index (χ3v) is 4.17. The number of nitrogens with zero attached hydrogens (tertiary/aromatic N) is 3. The molecule has 0 saturated carbocycles. The first-order chi connectivity index (χ1) is 7.13. The Balaban J connectivity index is 2.72. The molecule has 0 aromatic carbocycles. The van der Waals surface area contributed by atoms with Gasteiger partial charge in [-0.25, -0.2) is 4.98 Å². The van der Waals surface area contributed by atoms with E-state index >= 15 is 0 Å². The maximum atomic E-state index is 10.6. The average molecular weight is 400 g/mol. The Morgan fingerprint density at radius 1 is 1.67 bits per heavy atom. The van der Waals surface area contributed by atoms with Gasteiger partial charge in [0.15, 0.2) is 5.65 Å². The predicted octanol–water partition coefficient (Wildman–Crippen LogP) is 3.55. The summed E-state index contributed by atoms with van der Waals surface area (Å²) in [6.07, 6.45) is 3.09. The predicted molar refractivity (Wildman–Crippen MR) is 71.1 cm³/mol. The van der Waals surface area contributed by atoms with Crippen molar-refractivity contribution in [1.82, 2.24) is 8.96 Å². The van der Waals surface area contributed by atoms with Crippen LogP contribution in [0.5, 0.6) is 0 Å². The van der Waals surface area contributed by atoms with Crippen LogP contribution in [0, 0.1) is 10.1 Å². The summed E-state index contributed by atoms with van der Waals surface area (Å²) in [5.41, 5.74) is 0.714. The van der Waals surface area contributed by atoms with E-state index in [4.69, 9.17) is 0 Å². The van der Waals surface area contributed by atoms with Gasteiger partial charge >= 0.3 is 0 Å². The van der Waals surface area contributed by atoms with Gasteiger partial charge in [-0.1, -0.05) is 0 Å². The standard InChI is InChI=1S/C7H3BrIN3O2S/c8-6-3-11(15-9)7-5(6)1-4(2-10-7)12(13)14/h1-3H. The first kappa shape index (κ1) is 11.1. The van der Waals surface area contributed by atoms with Crippen molar-refractivity contribution in [3.05, 3.63) is 33.0 Å². The van der Waals surface area contributed by atoms with Gasteiger partial charge in [0.2, 0.25) is 0 Å². The van der Waals surface area contributed by atoms with Crippen LogP contribution in [0.1, 0.15) is 0 Å². The third-order valence-electron chi connectivity index (χ3n) is 1.83. The minimum Gasteiger partial charge on any atom is -0.265 e. The summed E-state index contributed by atoms with van der Waals surface area (Å²) in [6.45, 7) is 0. The monoisotopic (exact) mass is 399 g/mol. The number of halogens is 2. The van der Waals surface area contributed by atoms with Crippen molar-refractivity contribution in [2.45, 2.75) is 0 Å². The van der Waals surface area contributed by atoms with Gasteiger partial charge < -0.3 is 0 Å². The van der Waals surface area contributed by atoms with E-state index in [2.05, 4.69) is 42.1 Å². The van der Waals surface area contributed by atoms with Crippen LogP contribution in [-0.2, 0) is 0 Å². The molecule has 0 aliphatic carbocycles. The van der Waals surface area contributed by atoms with E-state index < -0.39 is 4.92 Å². The van der Waals surface area contributed by atoms with Crippen LogP contribution < -0.4 is 0 Å². The molecule has 0 N–H and O–H groups in total. The lowest BCUT2D eigenvalue weighted by atomic mass is 10.3. The van der Waals surface area contributed by atoms with Crippen LogP contribution in [0.3, 0.4) is 0 Å². The molecule has 0 fully saturated rings. The molecule has 0 unspecified atom stereocenters. The number of rotatable bonds is 2. The second-order valence-electron chi connectivity index (χ2n) is 2.69. The summed E-state index contributed by atoms with van der Waals surface area (Å²) >= 11 is 5.46. The highest BCUT2D eigenvalue weighted by atomic mass is 127. The summed E-state index contributed by atoms with van der Waals surface area (Å²) in [5, 5.41) is 11.3. The molecule has 78 valence electrons. The molecule has 5 nitrogen and oxygen atoms in total. The molecule has 0 spiro atoms. The fourth-order valence-electron chi connectivity index (χ4n) is 1.18. The molecule has 2 rings (SSSR count). The van der Waals surface area contributed by atoms with Gasteiger partial charge in [-0.15, -0.1) is 0 Å². The van der Waals surface area contributed by atoms with E-state index in [1.165, 1.54) is 21.4 Å². The van der Waals surface area contributed by atoms with Gasteiger partial charge in [-0.05, 0) is 15.9 Å². The first-order valence-corrected chi connectivity index (χ1v) is 7.84.